The lowest BCUT2D eigenvalue weighted by atomic mass is 9.72. The van der Waals surface area contributed by atoms with Gasteiger partial charge in [0, 0.05) is 5.56 Å². The third-order valence-electron chi connectivity index (χ3n) is 3.44. The number of aliphatic hydroxyl groups is 1. The highest BCUT2D eigenvalue weighted by Crippen LogP contribution is 2.38. The highest BCUT2D eigenvalue weighted by molar-refractivity contribution is 5.90. The number of carboxylic acids is 1. The molecule has 1 heterocycles. The Kier molecular flexibility index (Phi) is 3.50. The number of hydrogen-bond donors (Lipinski definition) is 2. The van der Waals surface area contributed by atoms with Crippen LogP contribution >= 0.6 is 0 Å². The average molecular weight is 271 g/mol. The first-order valence-electron chi connectivity index (χ1n) is 5.99. The number of benzene rings is 1. The fourth-order valence-corrected chi connectivity index (χ4v) is 1.85. The molecule has 1 aromatic rings. The van der Waals surface area contributed by atoms with Crippen molar-refractivity contribution >= 4 is 5.97 Å². The Morgan fingerprint density at radius 1 is 1.45 bits per heavy atom. The van der Waals surface area contributed by atoms with E-state index in [2.05, 4.69) is 11.8 Å². The number of rotatable bonds is 2. The molecule has 0 unspecified atom stereocenters. The van der Waals surface area contributed by atoms with E-state index in [9.17, 15) is 9.90 Å². The molecule has 20 heavy (non-hydrogen) atoms. The second-order valence-electron chi connectivity index (χ2n) is 4.86. The van der Waals surface area contributed by atoms with Crippen LogP contribution in [0.4, 0.5) is 0 Å². The fraction of sp³-hybridized carbons (Fsp3) is 0.333. The highest BCUT2D eigenvalue weighted by atomic mass is 16.5. The third-order valence-corrected chi connectivity index (χ3v) is 3.44. The summed E-state index contributed by atoms with van der Waals surface area (Å²) in [6.45, 7) is 1.67. The normalized spacial score (nSPS) is 18.6. The van der Waals surface area contributed by atoms with E-state index in [0.717, 1.165) is 0 Å². The van der Waals surface area contributed by atoms with Gasteiger partial charge in [-0.2, -0.15) is 5.26 Å². The van der Waals surface area contributed by atoms with Crippen LogP contribution in [0.25, 0.3) is 0 Å². The summed E-state index contributed by atoms with van der Waals surface area (Å²) in [5, 5.41) is 28.6. The lowest BCUT2D eigenvalue weighted by Crippen LogP contribution is -2.57. The van der Waals surface area contributed by atoms with Crippen molar-refractivity contribution in [1.82, 2.24) is 0 Å². The summed E-state index contributed by atoms with van der Waals surface area (Å²) in [6, 6.07) is 8.30. The van der Waals surface area contributed by atoms with Gasteiger partial charge in [0.05, 0.1) is 24.8 Å². The van der Waals surface area contributed by atoms with E-state index in [0.29, 0.717) is 5.56 Å². The predicted molar refractivity (Wildman–Crippen MR) is 69.8 cm³/mol. The molecular formula is C15H13NO4. The van der Waals surface area contributed by atoms with Crippen LogP contribution in [-0.4, -0.2) is 35.0 Å². The summed E-state index contributed by atoms with van der Waals surface area (Å²) in [4.78, 5) is 11.1. The summed E-state index contributed by atoms with van der Waals surface area (Å²) in [7, 11) is 0. The number of nitrogens with zero attached hydrogens (tertiary/aromatic N) is 1. The minimum absolute atomic E-state index is 0.0617. The molecule has 2 rings (SSSR count). The van der Waals surface area contributed by atoms with Crippen LogP contribution < -0.4 is 0 Å². The Morgan fingerprint density at radius 3 is 2.60 bits per heavy atom. The van der Waals surface area contributed by atoms with E-state index in [-0.39, 0.29) is 18.8 Å². The topological polar surface area (TPSA) is 90.5 Å². The number of ether oxygens (including phenoxy) is 1. The first-order chi connectivity index (χ1) is 9.42. The molecule has 0 saturated carbocycles. The molecule has 0 spiro atoms. The van der Waals surface area contributed by atoms with Crippen molar-refractivity contribution in [3.8, 4) is 17.9 Å². The van der Waals surface area contributed by atoms with Gasteiger partial charge < -0.3 is 14.9 Å². The third kappa shape index (κ3) is 2.25. The largest absolute Gasteiger partial charge is 0.478 e. The van der Waals surface area contributed by atoms with Crippen LogP contribution in [0.3, 0.4) is 0 Å². The van der Waals surface area contributed by atoms with Crippen molar-refractivity contribution in [2.45, 2.75) is 12.5 Å². The lowest BCUT2D eigenvalue weighted by Gasteiger charge is -2.42. The van der Waals surface area contributed by atoms with Gasteiger partial charge in [0.2, 0.25) is 0 Å². The van der Waals surface area contributed by atoms with Crippen molar-refractivity contribution in [1.29, 1.82) is 5.26 Å². The molecule has 5 nitrogen and oxygen atoms in total. The van der Waals surface area contributed by atoms with Crippen molar-refractivity contribution < 1.29 is 19.7 Å². The van der Waals surface area contributed by atoms with Crippen LogP contribution in [-0.2, 0) is 4.74 Å². The van der Waals surface area contributed by atoms with Crippen molar-refractivity contribution in [2.75, 3.05) is 13.2 Å². The van der Waals surface area contributed by atoms with Gasteiger partial charge in [-0.25, -0.2) is 4.79 Å². The smallest absolute Gasteiger partial charge is 0.336 e. The molecule has 102 valence electrons. The zero-order chi connectivity index (χ0) is 14.8. The molecule has 0 bridgehead atoms. The zero-order valence-electron chi connectivity index (χ0n) is 10.9. The van der Waals surface area contributed by atoms with Crippen LogP contribution in [0.5, 0.6) is 0 Å². The molecule has 0 aromatic heterocycles. The molecule has 1 atom stereocenters. The molecule has 0 aliphatic carbocycles. The summed E-state index contributed by atoms with van der Waals surface area (Å²) in [5.74, 6) is 4.17. The van der Waals surface area contributed by atoms with Crippen molar-refractivity contribution in [3.05, 3.63) is 35.4 Å². The number of nitriles is 1. The Hall–Kier alpha value is -2.34. The van der Waals surface area contributed by atoms with Crippen LogP contribution in [0.1, 0.15) is 22.8 Å². The molecule has 1 saturated heterocycles. The molecule has 1 aliphatic heterocycles. The van der Waals surface area contributed by atoms with Crippen molar-refractivity contribution in [3.63, 3.8) is 0 Å². The minimum atomic E-state index is -1.56. The monoisotopic (exact) mass is 271 g/mol. The maximum atomic E-state index is 11.1. The minimum Gasteiger partial charge on any atom is -0.478 e. The van der Waals surface area contributed by atoms with E-state index < -0.39 is 17.0 Å². The van der Waals surface area contributed by atoms with Crippen LogP contribution in [0.15, 0.2) is 24.3 Å². The summed E-state index contributed by atoms with van der Waals surface area (Å²) in [6.07, 6.45) is 0. The van der Waals surface area contributed by atoms with E-state index in [1.54, 1.807) is 18.2 Å². The maximum Gasteiger partial charge on any atom is 0.336 e. The fourth-order valence-electron chi connectivity index (χ4n) is 1.85. The maximum absolute atomic E-state index is 11.1. The summed E-state index contributed by atoms with van der Waals surface area (Å²) >= 11 is 0. The first kappa shape index (κ1) is 14.1. The molecule has 1 fully saturated rings. The average Bonchev–Trinajstić information content (AvgIpc) is 2.35. The van der Waals surface area contributed by atoms with Gasteiger partial charge in [-0.3, -0.25) is 0 Å². The van der Waals surface area contributed by atoms with Gasteiger partial charge in [0.25, 0.3) is 0 Å². The van der Waals surface area contributed by atoms with Gasteiger partial charge in [-0.1, -0.05) is 24.0 Å². The van der Waals surface area contributed by atoms with Gasteiger partial charge in [-0.05, 0) is 19.1 Å². The molecule has 5 heteroatoms. The number of hydrogen-bond acceptors (Lipinski definition) is 4. The van der Waals surface area contributed by atoms with Crippen molar-refractivity contribution in [2.24, 2.45) is 5.41 Å². The van der Waals surface area contributed by atoms with Gasteiger partial charge in [0.15, 0.2) is 0 Å². The van der Waals surface area contributed by atoms with Crippen LogP contribution in [0, 0.1) is 28.6 Å². The van der Waals surface area contributed by atoms with Gasteiger partial charge >= 0.3 is 5.97 Å². The number of aromatic carboxylic acids is 1. The van der Waals surface area contributed by atoms with Gasteiger partial charge in [0.1, 0.15) is 11.0 Å². The molecule has 0 amide bonds. The Balaban J connectivity index is 2.36. The van der Waals surface area contributed by atoms with E-state index in [1.807, 2.05) is 6.07 Å². The molecule has 0 radical (unpaired) electrons. The van der Waals surface area contributed by atoms with E-state index >= 15 is 0 Å². The van der Waals surface area contributed by atoms with E-state index in [1.165, 1.54) is 13.0 Å². The van der Waals surface area contributed by atoms with Gasteiger partial charge in [-0.15, -0.1) is 0 Å². The quantitative estimate of drug-likeness (QED) is 0.784. The predicted octanol–water partition coefficient (Wildman–Crippen LogP) is 1.03. The van der Waals surface area contributed by atoms with E-state index in [4.69, 9.17) is 15.1 Å². The molecular weight excluding hydrogens is 258 g/mol. The summed E-state index contributed by atoms with van der Waals surface area (Å²) < 4.78 is 4.99. The lowest BCUT2D eigenvalue weighted by molar-refractivity contribution is -0.158. The SMILES string of the molecule is C[C@@](O)(C#Cc1ccccc1C(=O)O)C1(C#N)COC1. The Morgan fingerprint density at radius 2 is 2.10 bits per heavy atom. The first-order valence-corrected chi connectivity index (χ1v) is 5.99. The second-order valence-corrected chi connectivity index (χ2v) is 4.86. The van der Waals surface area contributed by atoms with Crippen LogP contribution in [0.2, 0.25) is 0 Å². The summed E-state index contributed by atoms with van der Waals surface area (Å²) in [5.41, 5.74) is -2.26. The molecule has 1 aromatic carbocycles. The molecule has 1 aliphatic rings. The zero-order valence-corrected chi connectivity index (χ0v) is 10.9. The Bertz CT molecular complexity index is 642. The second kappa shape index (κ2) is 4.97. The Labute approximate surface area is 116 Å². The highest BCUT2D eigenvalue weighted by Gasteiger charge is 2.53. The number of carboxylic acid groups (broad SMARTS) is 1. The number of carbonyl (C=O) groups is 1. The molecule has 2 N–H and O–H groups in total. The standard InChI is InChI=1S/C15H13NO4/c1-14(19,15(8-16)9-20-10-15)7-6-11-4-2-3-5-12(11)13(17)18/h2-5,19H,9-10H2,1H3,(H,17,18)/t14-/m1/s1.